The van der Waals surface area contributed by atoms with Crippen molar-refractivity contribution < 1.29 is 31.1 Å². The van der Waals surface area contributed by atoms with Crippen LogP contribution in [0.3, 0.4) is 0 Å². The summed E-state index contributed by atoms with van der Waals surface area (Å²) in [6.45, 7) is 1.69. The van der Waals surface area contributed by atoms with Crippen LogP contribution < -0.4 is 9.47 Å². The molecule has 1 aromatic carbocycles. The van der Waals surface area contributed by atoms with Gasteiger partial charge in [-0.05, 0) is 92.9 Å². The summed E-state index contributed by atoms with van der Waals surface area (Å²) < 4.78 is 73.8. The predicted octanol–water partition coefficient (Wildman–Crippen LogP) is 6.20. The van der Waals surface area contributed by atoms with Crippen LogP contribution >= 0.6 is 0 Å². The van der Waals surface area contributed by atoms with Gasteiger partial charge in [-0.15, -0.1) is 13.2 Å². The zero-order chi connectivity index (χ0) is 29.3. The second kappa shape index (κ2) is 11.7. The molecule has 2 fully saturated rings. The van der Waals surface area contributed by atoms with Gasteiger partial charge < -0.3 is 14.5 Å². The van der Waals surface area contributed by atoms with Crippen LogP contribution in [0.1, 0.15) is 50.0 Å². The molecule has 1 saturated heterocycles. The zero-order valence-electron chi connectivity index (χ0n) is 23.0. The molecule has 1 saturated carbocycles. The van der Waals surface area contributed by atoms with Gasteiger partial charge in [0.25, 0.3) is 0 Å². The van der Waals surface area contributed by atoms with Gasteiger partial charge in [-0.1, -0.05) is 0 Å². The van der Waals surface area contributed by atoms with Crippen molar-refractivity contribution in [2.24, 2.45) is 5.92 Å². The number of hydrogen-bond donors (Lipinski definition) is 1. The third-order valence-electron chi connectivity index (χ3n) is 8.45. The van der Waals surface area contributed by atoms with Crippen molar-refractivity contribution in [3.63, 3.8) is 0 Å². The minimum Gasteiger partial charge on any atom is -0.493 e. The van der Waals surface area contributed by atoms with Crippen molar-refractivity contribution in [3.05, 3.63) is 60.6 Å². The highest BCUT2D eigenvalue weighted by atomic mass is 32.2. The second-order valence-electron chi connectivity index (χ2n) is 11.3. The highest BCUT2D eigenvalue weighted by Gasteiger charge is 2.35. The van der Waals surface area contributed by atoms with Crippen molar-refractivity contribution >= 4 is 31.8 Å². The molecule has 0 amide bonds. The van der Waals surface area contributed by atoms with Crippen molar-refractivity contribution in [1.29, 1.82) is 0 Å². The fourth-order valence-electron chi connectivity index (χ4n) is 6.47. The lowest BCUT2D eigenvalue weighted by Gasteiger charge is -2.35. The average molecular weight is 603 g/mol. The molecule has 4 heterocycles. The van der Waals surface area contributed by atoms with E-state index in [9.17, 15) is 21.6 Å². The maximum atomic E-state index is 13.5. The summed E-state index contributed by atoms with van der Waals surface area (Å²) in [6, 6.07) is 9.40. The number of likely N-dealkylation sites (tertiary alicyclic amines) is 1. The van der Waals surface area contributed by atoms with Gasteiger partial charge in [0.15, 0.2) is 15.5 Å². The largest absolute Gasteiger partial charge is 0.573 e. The van der Waals surface area contributed by atoms with Gasteiger partial charge in [-0.2, -0.15) is 0 Å². The van der Waals surface area contributed by atoms with E-state index in [0.29, 0.717) is 31.7 Å². The van der Waals surface area contributed by atoms with Crippen molar-refractivity contribution in [3.8, 4) is 11.5 Å². The highest BCUT2D eigenvalue weighted by molar-refractivity contribution is 7.91. The molecule has 1 aliphatic heterocycles. The van der Waals surface area contributed by atoms with Gasteiger partial charge in [-0.3, -0.25) is 4.90 Å². The number of ether oxygens (including phenoxy) is 2. The summed E-state index contributed by atoms with van der Waals surface area (Å²) in [7, 11) is -3.31. The third-order valence-corrected chi connectivity index (χ3v) is 10.7. The van der Waals surface area contributed by atoms with Crippen molar-refractivity contribution in [1.82, 2.24) is 19.9 Å². The summed E-state index contributed by atoms with van der Waals surface area (Å²) in [5.41, 5.74) is 2.90. The molecule has 2 aliphatic rings. The van der Waals surface area contributed by atoms with Crippen LogP contribution in [0.25, 0.3) is 21.9 Å². The standard InChI is InChI=1S/C30H33F3N4O4S/c31-30(32,33)41-23-7-5-22(6-8-23)40-18-20-2-1-15-37(17-20)19-42(38,39)24-9-3-21(4-10-24)25-11-13-34-27-16-36-29-26(28(25)27)12-14-35-29/h5-8,11-14,16,20-21,24,34H,1-4,9-10,15,17-19H2. The second-order valence-corrected chi connectivity index (χ2v) is 13.6. The van der Waals surface area contributed by atoms with E-state index < -0.39 is 16.2 Å². The Morgan fingerprint density at radius 1 is 0.976 bits per heavy atom. The Balaban J connectivity index is 1.03. The van der Waals surface area contributed by atoms with Gasteiger partial charge >= 0.3 is 6.36 Å². The molecule has 12 heteroatoms. The predicted molar refractivity (Wildman–Crippen MR) is 153 cm³/mol. The van der Waals surface area contributed by atoms with E-state index in [4.69, 9.17) is 4.74 Å². The molecule has 0 bridgehead atoms. The lowest BCUT2D eigenvalue weighted by atomic mass is 9.82. The molecular weight excluding hydrogens is 569 g/mol. The van der Waals surface area contributed by atoms with E-state index in [1.807, 2.05) is 23.4 Å². The number of piperidine rings is 1. The fourth-order valence-corrected chi connectivity index (χ4v) is 8.42. The monoisotopic (exact) mass is 602 g/mol. The van der Waals surface area contributed by atoms with E-state index in [-0.39, 0.29) is 28.7 Å². The minimum atomic E-state index is -4.74. The lowest BCUT2D eigenvalue weighted by molar-refractivity contribution is -0.274. The summed E-state index contributed by atoms with van der Waals surface area (Å²) >= 11 is 0. The van der Waals surface area contributed by atoms with Crippen LogP contribution in [-0.4, -0.2) is 65.5 Å². The zero-order valence-corrected chi connectivity index (χ0v) is 23.8. The number of benzene rings is 1. The van der Waals surface area contributed by atoms with E-state index in [0.717, 1.165) is 54.2 Å². The Kier molecular flexibility index (Phi) is 8.01. The van der Waals surface area contributed by atoms with Crippen LogP contribution in [0.4, 0.5) is 13.2 Å². The van der Waals surface area contributed by atoms with Gasteiger partial charge in [0.1, 0.15) is 17.4 Å². The number of nitrogens with one attached hydrogen (secondary N) is 1. The van der Waals surface area contributed by atoms with Gasteiger partial charge in [0, 0.05) is 35.6 Å². The molecule has 1 N–H and O–H groups in total. The number of fused-ring (bicyclic) bond motifs is 3. The fraction of sp³-hybridized carbons (Fsp3) is 0.467. The minimum absolute atomic E-state index is 0.0387. The molecule has 42 heavy (non-hydrogen) atoms. The number of sulfone groups is 1. The molecule has 1 atom stereocenters. The van der Waals surface area contributed by atoms with E-state index in [1.54, 1.807) is 6.20 Å². The average Bonchev–Trinajstić information content (AvgIpc) is 3.45. The molecule has 8 nitrogen and oxygen atoms in total. The first kappa shape index (κ1) is 28.7. The topological polar surface area (TPSA) is 97.4 Å². The SMILES string of the molecule is O=S(=O)(CN1CCCC(COc2ccc(OC(F)(F)F)cc2)C1)C1CCC(c2cc[nH]c3cnc4nccc4c23)CC1. The number of rotatable bonds is 8. The number of H-pyrrole nitrogens is 1. The number of aromatic amines is 1. The van der Waals surface area contributed by atoms with Crippen LogP contribution in [0.15, 0.2) is 55.0 Å². The Hall–Kier alpha value is -3.38. The molecule has 1 unspecified atom stereocenters. The Bertz CT molecular complexity index is 1630. The first-order valence-electron chi connectivity index (χ1n) is 14.3. The van der Waals surface area contributed by atoms with Crippen LogP contribution in [-0.2, 0) is 9.84 Å². The normalized spacial score (nSPS) is 22.4. The number of pyridine rings is 2. The van der Waals surface area contributed by atoms with E-state index >= 15 is 0 Å². The Morgan fingerprint density at radius 3 is 2.50 bits per heavy atom. The molecule has 224 valence electrons. The lowest BCUT2D eigenvalue weighted by Crippen LogP contribution is -2.43. The summed E-state index contributed by atoms with van der Waals surface area (Å²) in [4.78, 5) is 14.1. The quantitative estimate of drug-likeness (QED) is 0.257. The summed E-state index contributed by atoms with van der Waals surface area (Å²) in [5, 5.41) is 1.79. The summed E-state index contributed by atoms with van der Waals surface area (Å²) in [6.07, 6.45) is 5.42. The van der Waals surface area contributed by atoms with Crippen molar-refractivity contribution in [2.45, 2.75) is 56.1 Å². The molecule has 6 rings (SSSR count). The first-order chi connectivity index (χ1) is 20.1. The van der Waals surface area contributed by atoms with Crippen LogP contribution in [0, 0.1) is 5.92 Å². The van der Waals surface area contributed by atoms with E-state index in [1.165, 1.54) is 29.8 Å². The van der Waals surface area contributed by atoms with Gasteiger partial charge in [0.05, 0.1) is 23.6 Å². The van der Waals surface area contributed by atoms with Crippen LogP contribution in [0.5, 0.6) is 11.5 Å². The van der Waals surface area contributed by atoms with E-state index in [2.05, 4.69) is 25.8 Å². The molecular formula is C30H33F3N4O4S. The maximum Gasteiger partial charge on any atom is 0.573 e. The molecule has 0 spiro atoms. The Labute approximate surface area is 242 Å². The Morgan fingerprint density at radius 2 is 1.74 bits per heavy atom. The number of halogens is 3. The maximum absolute atomic E-state index is 13.5. The van der Waals surface area contributed by atoms with Crippen LogP contribution in [0.2, 0.25) is 0 Å². The molecule has 0 radical (unpaired) electrons. The van der Waals surface area contributed by atoms with Gasteiger partial charge in [0.2, 0.25) is 0 Å². The number of alkyl halides is 3. The first-order valence-corrected chi connectivity index (χ1v) is 16.0. The number of nitrogens with zero attached hydrogens (tertiary/aromatic N) is 3. The molecule has 1 aliphatic carbocycles. The number of hydrogen-bond acceptors (Lipinski definition) is 7. The number of aromatic nitrogens is 3. The van der Waals surface area contributed by atoms with Crippen molar-refractivity contribution in [2.75, 3.05) is 25.6 Å². The molecule has 3 aromatic heterocycles. The summed E-state index contributed by atoms with van der Waals surface area (Å²) in [5.74, 6) is 0.594. The smallest absolute Gasteiger partial charge is 0.493 e. The molecule has 4 aromatic rings. The highest BCUT2D eigenvalue weighted by Crippen LogP contribution is 2.40. The van der Waals surface area contributed by atoms with Gasteiger partial charge in [-0.25, -0.2) is 18.4 Å². The third kappa shape index (κ3) is 6.49.